The molecule has 1 aliphatic rings. The molecule has 32 heavy (non-hydrogen) atoms. The maximum Gasteiger partial charge on any atom is 0.276 e. The summed E-state index contributed by atoms with van der Waals surface area (Å²) in [5.41, 5.74) is 2.41. The number of ether oxygens (including phenoxy) is 3. The van der Waals surface area contributed by atoms with Crippen LogP contribution in [0.15, 0.2) is 48.2 Å². The number of nitrogens with zero attached hydrogens (tertiary/aromatic N) is 1. The van der Waals surface area contributed by atoms with Gasteiger partial charge in [-0.15, -0.1) is 0 Å². The largest absolute Gasteiger partial charge is 0.491 e. The maximum absolute atomic E-state index is 12.9. The van der Waals surface area contributed by atoms with Crippen molar-refractivity contribution in [2.24, 2.45) is 0 Å². The van der Waals surface area contributed by atoms with Gasteiger partial charge < -0.3 is 19.5 Å². The second-order valence-electron chi connectivity index (χ2n) is 7.58. The van der Waals surface area contributed by atoms with Gasteiger partial charge in [-0.05, 0) is 87.8 Å². The summed E-state index contributed by atoms with van der Waals surface area (Å²) in [5.74, 6) is 2.11. The Balaban J connectivity index is 1.66. The van der Waals surface area contributed by atoms with E-state index in [1.807, 2.05) is 70.2 Å². The molecule has 1 amide bonds. The van der Waals surface area contributed by atoms with Gasteiger partial charge in [0.1, 0.15) is 11.4 Å². The molecule has 1 saturated heterocycles. The monoisotopic (exact) mass is 454 g/mol. The minimum Gasteiger partial charge on any atom is -0.491 e. The molecule has 2 aromatic rings. The Morgan fingerprint density at radius 1 is 1.03 bits per heavy atom. The summed E-state index contributed by atoms with van der Waals surface area (Å²) in [6.07, 6.45) is 2.56. The number of hydrogen-bond donors (Lipinski definition) is 1. The lowest BCUT2D eigenvalue weighted by molar-refractivity contribution is -0.122. The van der Waals surface area contributed by atoms with Crippen LogP contribution in [0.3, 0.4) is 0 Å². The highest BCUT2D eigenvalue weighted by Gasteiger charge is 2.30. The van der Waals surface area contributed by atoms with Crippen molar-refractivity contribution >= 4 is 29.3 Å². The highest BCUT2D eigenvalue weighted by molar-refractivity contribution is 7.80. The van der Waals surface area contributed by atoms with Crippen LogP contribution >= 0.6 is 12.2 Å². The predicted molar refractivity (Wildman–Crippen MR) is 130 cm³/mol. The van der Waals surface area contributed by atoms with Gasteiger partial charge in [0, 0.05) is 6.54 Å². The number of benzene rings is 2. The SMILES string of the molecule is CCOc1ccc(CCN2C(=O)/C(=C\c3ccc(OC(C)C)cc3)NC2=S)cc1OCC. The summed E-state index contributed by atoms with van der Waals surface area (Å²) in [7, 11) is 0. The van der Waals surface area contributed by atoms with Gasteiger partial charge in [-0.2, -0.15) is 0 Å². The van der Waals surface area contributed by atoms with Crippen LogP contribution in [-0.4, -0.2) is 41.8 Å². The van der Waals surface area contributed by atoms with E-state index in [0.717, 1.165) is 22.6 Å². The molecule has 7 heteroatoms. The Morgan fingerprint density at radius 2 is 1.72 bits per heavy atom. The molecule has 0 atom stereocenters. The number of nitrogens with one attached hydrogen (secondary N) is 1. The third-order valence-electron chi connectivity index (χ3n) is 4.76. The number of carbonyl (C=O) groups excluding carboxylic acids is 1. The van der Waals surface area contributed by atoms with Crippen molar-refractivity contribution in [2.45, 2.75) is 40.2 Å². The normalized spacial score (nSPS) is 14.8. The zero-order valence-electron chi connectivity index (χ0n) is 19.0. The van der Waals surface area contributed by atoms with Crippen LogP contribution in [0.5, 0.6) is 17.2 Å². The van der Waals surface area contributed by atoms with E-state index in [9.17, 15) is 4.79 Å². The second-order valence-corrected chi connectivity index (χ2v) is 7.96. The lowest BCUT2D eigenvalue weighted by Crippen LogP contribution is -2.32. The van der Waals surface area contributed by atoms with E-state index in [-0.39, 0.29) is 12.0 Å². The number of hydrogen-bond acceptors (Lipinski definition) is 5. The first kappa shape index (κ1) is 23.6. The Labute approximate surface area is 195 Å². The molecule has 1 N–H and O–H groups in total. The van der Waals surface area contributed by atoms with Crippen LogP contribution in [-0.2, 0) is 11.2 Å². The highest BCUT2D eigenvalue weighted by atomic mass is 32.1. The minimum absolute atomic E-state index is 0.114. The molecule has 0 bridgehead atoms. The van der Waals surface area contributed by atoms with Gasteiger partial charge >= 0.3 is 0 Å². The van der Waals surface area contributed by atoms with Crippen molar-refractivity contribution in [3.63, 3.8) is 0 Å². The van der Waals surface area contributed by atoms with E-state index in [1.54, 1.807) is 11.0 Å². The highest BCUT2D eigenvalue weighted by Crippen LogP contribution is 2.29. The molecular weight excluding hydrogens is 424 g/mol. The molecule has 6 nitrogen and oxygen atoms in total. The van der Waals surface area contributed by atoms with Crippen molar-refractivity contribution < 1.29 is 19.0 Å². The average molecular weight is 455 g/mol. The molecule has 3 rings (SSSR count). The average Bonchev–Trinajstić information content (AvgIpc) is 3.02. The first-order valence-electron chi connectivity index (χ1n) is 10.9. The van der Waals surface area contributed by atoms with E-state index >= 15 is 0 Å². The van der Waals surface area contributed by atoms with Crippen LogP contribution < -0.4 is 19.5 Å². The number of carbonyl (C=O) groups is 1. The van der Waals surface area contributed by atoms with Crippen LogP contribution in [0, 0.1) is 0 Å². The van der Waals surface area contributed by atoms with E-state index < -0.39 is 0 Å². The topological polar surface area (TPSA) is 60.0 Å². The molecule has 1 aliphatic heterocycles. The molecule has 1 fully saturated rings. The number of rotatable bonds is 10. The first-order chi connectivity index (χ1) is 15.4. The zero-order valence-corrected chi connectivity index (χ0v) is 19.8. The third-order valence-corrected chi connectivity index (χ3v) is 5.08. The smallest absolute Gasteiger partial charge is 0.276 e. The van der Waals surface area contributed by atoms with Crippen LogP contribution in [0.1, 0.15) is 38.8 Å². The first-order valence-corrected chi connectivity index (χ1v) is 11.3. The Kier molecular flexibility index (Phi) is 8.11. The van der Waals surface area contributed by atoms with E-state index in [4.69, 9.17) is 26.4 Å². The quantitative estimate of drug-likeness (QED) is 0.419. The van der Waals surface area contributed by atoms with Crippen LogP contribution in [0.25, 0.3) is 6.08 Å². The molecule has 0 unspecified atom stereocenters. The van der Waals surface area contributed by atoms with Crippen molar-refractivity contribution in [1.82, 2.24) is 10.2 Å². The molecule has 0 aliphatic carbocycles. The van der Waals surface area contributed by atoms with Crippen molar-refractivity contribution in [1.29, 1.82) is 0 Å². The van der Waals surface area contributed by atoms with Gasteiger partial charge in [0.05, 0.1) is 19.3 Å². The van der Waals surface area contributed by atoms with E-state index in [0.29, 0.717) is 42.7 Å². The standard InChI is InChI=1S/C25H30N2O4S/c1-5-29-22-12-9-19(16-23(22)30-6-2)13-14-27-24(28)21(26-25(27)32)15-18-7-10-20(11-8-18)31-17(3)4/h7-12,15-17H,5-6,13-14H2,1-4H3,(H,26,32)/b21-15+. The summed E-state index contributed by atoms with van der Waals surface area (Å²) in [5, 5.41) is 3.45. The van der Waals surface area contributed by atoms with Gasteiger partial charge in [-0.3, -0.25) is 9.69 Å². The third kappa shape index (κ3) is 6.01. The van der Waals surface area contributed by atoms with Crippen LogP contribution in [0.2, 0.25) is 0 Å². The van der Waals surface area contributed by atoms with Gasteiger partial charge in [0.25, 0.3) is 5.91 Å². The summed E-state index contributed by atoms with van der Waals surface area (Å²) in [6.45, 7) is 9.45. The zero-order chi connectivity index (χ0) is 23.1. The Bertz CT molecular complexity index is 986. The van der Waals surface area contributed by atoms with Gasteiger partial charge in [-0.25, -0.2) is 0 Å². The molecular formula is C25H30N2O4S. The Hall–Kier alpha value is -3.06. The number of thiocarbonyl (C=S) groups is 1. The minimum atomic E-state index is -0.131. The van der Waals surface area contributed by atoms with E-state index in [1.165, 1.54) is 0 Å². The molecule has 0 saturated carbocycles. The van der Waals surface area contributed by atoms with Crippen molar-refractivity contribution in [3.8, 4) is 17.2 Å². The van der Waals surface area contributed by atoms with Crippen LogP contribution in [0.4, 0.5) is 0 Å². The maximum atomic E-state index is 12.9. The predicted octanol–water partition coefficient (Wildman–Crippen LogP) is 4.57. The second kappa shape index (κ2) is 11.0. The molecule has 0 radical (unpaired) electrons. The van der Waals surface area contributed by atoms with Gasteiger partial charge in [-0.1, -0.05) is 18.2 Å². The van der Waals surface area contributed by atoms with Crippen molar-refractivity contribution in [3.05, 3.63) is 59.3 Å². The fourth-order valence-corrected chi connectivity index (χ4v) is 3.63. The fraction of sp³-hybridized carbons (Fsp3) is 0.360. The van der Waals surface area contributed by atoms with Crippen molar-refractivity contribution in [2.75, 3.05) is 19.8 Å². The molecule has 0 aromatic heterocycles. The summed E-state index contributed by atoms with van der Waals surface area (Å²) < 4.78 is 17.0. The summed E-state index contributed by atoms with van der Waals surface area (Å²) in [4.78, 5) is 14.5. The summed E-state index contributed by atoms with van der Waals surface area (Å²) in [6, 6.07) is 13.5. The fourth-order valence-electron chi connectivity index (χ4n) is 3.35. The van der Waals surface area contributed by atoms with Gasteiger partial charge in [0.15, 0.2) is 16.6 Å². The molecule has 170 valence electrons. The number of amides is 1. The Morgan fingerprint density at radius 3 is 2.38 bits per heavy atom. The lowest BCUT2D eigenvalue weighted by Gasteiger charge is -2.15. The molecule has 2 aromatic carbocycles. The lowest BCUT2D eigenvalue weighted by atomic mass is 10.1. The molecule has 0 spiro atoms. The van der Waals surface area contributed by atoms with Gasteiger partial charge in [0.2, 0.25) is 0 Å². The van der Waals surface area contributed by atoms with E-state index in [2.05, 4.69) is 5.32 Å². The molecule has 1 heterocycles. The summed E-state index contributed by atoms with van der Waals surface area (Å²) >= 11 is 5.41.